The molecule has 0 bridgehead atoms. The van der Waals surface area contributed by atoms with Crippen molar-refractivity contribution in [1.29, 1.82) is 0 Å². The van der Waals surface area contributed by atoms with E-state index in [2.05, 4.69) is 6.07 Å². The largest absolute Gasteiger partial charge is 0.493 e. The second-order valence-electron chi connectivity index (χ2n) is 9.39. The van der Waals surface area contributed by atoms with Gasteiger partial charge in [-0.25, -0.2) is 4.79 Å². The number of cyclic esters (lactones) is 1. The summed E-state index contributed by atoms with van der Waals surface area (Å²) in [6, 6.07) is 19.6. The summed E-state index contributed by atoms with van der Waals surface area (Å²) in [5.74, 6) is 0.297. The molecule has 5 rings (SSSR count). The summed E-state index contributed by atoms with van der Waals surface area (Å²) in [6.45, 7) is 6.53. The molecule has 2 aliphatic heterocycles. The number of esters is 1. The van der Waals surface area contributed by atoms with Crippen molar-refractivity contribution < 1.29 is 23.8 Å². The maximum atomic E-state index is 13.4. The predicted molar refractivity (Wildman–Crippen MR) is 137 cm³/mol. The van der Waals surface area contributed by atoms with Crippen LogP contribution in [0.25, 0.3) is 0 Å². The first kappa shape index (κ1) is 23.7. The van der Waals surface area contributed by atoms with Crippen LogP contribution >= 0.6 is 0 Å². The van der Waals surface area contributed by atoms with Crippen LogP contribution in [0.1, 0.15) is 40.2 Å². The molecule has 0 aromatic heterocycles. The number of hydrogen-bond acceptors (Lipinski definition) is 5. The molecule has 1 amide bonds. The van der Waals surface area contributed by atoms with Gasteiger partial charge < -0.3 is 14.2 Å². The molecule has 0 radical (unpaired) electrons. The van der Waals surface area contributed by atoms with Crippen LogP contribution < -0.4 is 14.4 Å². The topological polar surface area (TPSA) is 65.1 Å². The molecule has 2 aliphatic rings. The lowest BCUT2D eigenvalue weighted by molar-refractivity contribution is -0.136. The molecule has 1 unspecified atom stereocenters. The molecule has 36 heavy (non-hydrogen) atoms. The number of carbonyl (C=O) groups is 2. The van der Waals surface area contributed by atoms with Crippen LogP contribution in [0, 0.1) is 20.8 Å². The van der Waals surface area contributed by atoms with Gasteiger partial charge in [-0.1, -0.05) is 36.4 Å². The highest BCUT2D eigenvalue weighted by Gasteiger charge is 2.43. The van der Waals surface area contributed by atoms with E-state index in [0.29, 0.717) is 29.4 Å². The van der Waals surface area contributed by atoms with Gasteiger partial charge in [0.25, 0.3) is 0 Å². The summed E-state index contributed by atoms with van der Waals surface area (Å²) in [5.41, 5.74) is 7.08. The van der Waals surface area contributed by atoms with E-state index in [1.165, 1.54) is 0 Å². The van der Waals surface area contributed by atoms with Crippen LogP contribution in [-0.2, 0) is 20.9 Å². The number of aryl methyl sites for hydroxylation is 3. The third-order valence-corrected chi connectivity index (χ3v) is 6.82. The molecule has 0 saturated carbocycles. The number of rotatable bonds is 6. The molecule has 3 aromatic carbocycles. The summed E-state index contributed by atoms with van der Waals surface area (Å²) >= 11 is 0. The zero-order valence-corrected chi connectivity index (χ0v) is 21.0. The Kier molecular flexibility index (Phi) is 6.27. The number of nitrogens with zero attached hydrogens (tertiary/aromatic N) is 1. The SMILES string of the molecule is COc1cc(C2CC(=O)N(c3cc(C)cc(C)c3)C3=C2C(=O)OC3)ccc1OCc1ccccc1C. The second kappa shape index (κ2) is 9.53. The van der Waals surface area contributed by atoms with Crippen molar-refractivity contribution in [3.8, 4) is 11.5 Å². The molecule has 0 saturated heterocycles. The van der Waals surface area contributed by atoms with Gasteiger partial charge in [-0.2, -0.15) is 0 Å². The fraction of sp³-hybridized carbons (Fsp3) is 0.267. The van der Waals surface area contributed by atoms with Gasteiger partial charge in [0.2, 0.25) is 5.91 Å². The van der Waals surface area contributed by atoms with E-state index in [4.69, 9.17) is 14.2 Å². The highest BCUT2D eigenvalue weighted by atomic mass is 16.5. The minimum Gasteiger partial charge on any atom is -0.493 e. The standard InChI is InChI=1S/C30H29NO5/c1-18-11-19(2)13-23(12-18)31-25-17-36-30(33)29(25)24(15-28(31)32)21-9-10-26(27(14-21)34-4)35-16-22-8-6-5-7-20(22)3/h5-14,24H,15-17H2,1-4H3. The smallest absolute Gasteiger partial charge is 0.336 e. The summed E-state index contributed by atoms with van der Waals surface area (Å²) in [4.78, 5) is 27.9. The van der Waals surface area contributed by atoms with Crippen molar-refractivity contribution >= 4 is 17.6 Å². The summed E-state index contributed by atoms with van der Waals surface area (Å²) in [7, 11) is 1.59. The normalized spacial score (nSPS) is 17.2. The van der Waals surface area contributed by atoms with Crippen molar-refractivity contribution in [1.82, 2.24) is 0 Å². The Balaban J connectivity index is 1.48. The van der Waals surface area contributed by atoms with E-state index < -0.39 is 5.92 Å². The van der Waals surface area contributed by atoms with Gasteiger partial charge >= 0.3 is 5.97 Å². The number of benzene rings is 3. The van der Waals surface area contributed by atoms with E-state index >= 15 is 0 Å². The minimum absolute atomic E-state index is 0.0686. The van der Waals surface area contributed by atoms with Crippen LogP contribution in [-0.4, -0.2) is 25.6 Å². The maximum Gasteiger partial charge on any atom is 0.336 e. The average molecular weight is 484 g/mol. The quantitative estimate of drug-likeness (QED) is 0.431. The first-order valence-electron chi connectivity index (χ1n) is 12.0. The number of ether oxygens (including phenoxy) is 3. The molecule has 0 spiro atoms. The van der Waals surface area contributed by atoms with Crippen LogP contribution in [0.2, 0.25) is 0 Å². The lowest BCUT2D eigenvalue weighted by Crippen LogP contribution is -2.37. The fourth-order valence-corrected chi connectivity index (χ4v) is 5.07. The zero-order valence-electron chi connectivity index (χ0n) is 21.0. The van der Waals surface area contributed by atoms with Crippen LogP contribution in [0.15, 0.2) is 71.9 Å². The number of methoxy groups -OCH3 is 1. The fourth-order valence-electron chi connectivity index (χ4n) is 5.07. The first-order valence-corrected chi connectivity index (χ1v) is 12.0. The van der Waals surface area contributed by atoms with E-state index in [1.54, 1.807) is 12.0 Å². The molecule has 0 N–H and O–H groups in total. The van der Waals surface area contributed by atoms with Crippen LogP contribution in [0.3, 0.4) is 0 Å². The molecule has 0 aliphatic carbocycles. The third-order valence-electron chi connectivity index (χ3n) is 6.82. The van der Waals surface area contributed by atoms with E-state index in [0.717, 1.165) is 33.5 Å². The molecule has 6 nitrogen and oxygen atoms in total. The lowest BCUT2D eigenvalue weighted by Gasteiger charge is -2.32. The van der Waals surface area contributed by atoms with E-state index in [1.807, 2.05) is 75.4 Å². The number of anilines is 1. The van der Waals surface area contributed by atoms with Gasteiger partial charge in [0.1, 0.15) is 13.2 Å². The second-order valence-corrected chi connectivity index (χ2v) is 9.39. The highest BCUT2D eigenvalue weighted by molar-refractivity contribution is 6.06. The molecular formula is C30H29NO5. The van der Waals surface area contributed by atoms with Crippen LogP contribution in [0.5, 0.6) is 11.5 Å². The zero-order chi connectivity index (χ0) is 25.4. The van der Waals surface area contributed by atoms with E-state index in [9.17, 15) is 9.59 Å². The third kappa shape index (κ3) is 4.35. The van der Waals surface area contributed by atoms with Gasteiger partial charge in [0.15, 0.2) is 11.5 Å². The monoisotopic (exact) mass is 483 g/mol. The lowest BCUT2D eigenvalue weighted by atomic mass is 9.84. The molecule has 184 valence electrons. The van der Waals surface area contributed by atoms with Gasteiger partial charge in [-0.3, -0.25) is 9.69 Å². The Morgan fingerprint density at radius 1 is 0.944 bits per heavy atom. The van der Waals surface area contributed by atoms with Crippen molar-refractivity contribution in [3.63, 3.8) is 0 Å². The van der Waals surface area contributed by atoms with Gasteiger partial charge in [0, 0.05) is 18.0 Å². The van der Waals surface area contributed by atoms with Gasteiger partial charge in [-0.05, 0) is 72.9 Å². The molecule has 3 aromatic rings. The van der Waals surface area contributed by atoms with Gasteiger partial charge in [-0.15, -0.1) is 0 Å². The van der Waals surface area contributed by atoms with Crippen LogP contribution in [0.4, 0.5) is 5.69 Å². The molecule has 0 fully saturated rings. The highest BCUT2D eigenvalue weighted by Crippen LogP contribution is 2.44. The summed E-state index contributed by atoms with van der Waals surface area (Å²) < 4.78 is 17.1. The van der Waals surface area contributed by atoms with Crippen molar-refractivity contribution in [2.75, 3.05) is 18.6 Å². The Morgan fingerprint density at radius 3 is 2.42 bits per heavy atom. The van der Waals surface area contributed by atoms with Crippen molar-refractivity contribution in [3.05, 3.63) is 99.8 Å². The Hall–Kier alpha value is -4.06. The molecule has 2 heterocycles. The van der Waals surface area contributed by atoms with Crippen molar-refractivity contribution in [2.45, 2.75) is 39.7 Å². The number of amides is 1. The maximum absolute atomic E-state index is 13.4. The van der Waals surface area contributed by atoms with Crippen molar-refractivity contribution in [2.24, 2.45) is 0 Å². The average Bonchev–Trinajstić information content (AvgIpc) is 3.23. The molecule has 1 atom stereocenters. The first-order chi connectivity index (χ1) is 17.4. The predicted octanol–water partition coefficient (Wildman–Crippen LogP) is 5.53. The number of hydrogen-bond donors (Lipinski definition) is 0. The minimum atomic E-state index is -0.413. The summed E-state index contributed by atoms with van der Waals surface area (Å²) in [5, 5.41) is 0. The summed E-state index contributed by atoms with van der Waals surface area (Å²) in [6.07, 6.45) is 0.160. The number of carbonyl (C=O) groups excluding carboxylic acids is 2. The van der Waals surface area contributed by atoms with Gasteiger partial charge in [0.05, 0.1) is 18.4 Å². The Bertz CT molecular complexity index is 1370. The molecular weight excluding hydrogens is 454 g/mol. The Morgan fingerprint density at radius 2 is 1.69 bits per heavy atom. The molecule has 6 heteroatoms. The Labute approximate surface area is 211 Å². The van der Waals surface area contributed by atoms with E-state index in [-0.39, 0.29) is 24.9 Å².